The molecular weight excluding hydrogens is 280 g/mol. The lowest BCUT2D eigenvalue weighted by Gasteiger charge is -2.38. The molecule has 22 heavy (non-hydrogen) atoms. The van der Waals surface area contributed by atoms with Crippen molar-refractivity contribution in [2.24, 2.45) is 0 Å². The molecule has 0 atom stereocenters. The maximum atomic E-state index is 12.4. The Balaban J connectivity index is 1.60. The first-order valence-electron chi connectivity index (χ1n) is 7.20. The van der Waals surface area contributed by atoms with Gasteiger partial charge in [0, 0.05) is 11.8 Å². The number of carbonyl (C=O) groups is 1. The Hall–Kier alpha value is -2.56. The number of methoxy groups -OCH3 is 1. The first kappa shape index (κ1) is 14.4. The van der Waals surface area contributed by atoms with Gasteiger partial charge in [-0.2, -0.15) is 0 Å². The second-order valence-electron chi connectivity index (χ2n) is 5.27. The van der Waals surface area contributed by atoms with Gasteiger partial charge in [-0.15, -0.1) is 0 Å². The molecule has 5 nitrogen and oxygen atoms in total. The molecule has 0 saturated carbocycles. The van der Waals surface area contributed by atoms with E-state index in [1.165, 1.54) is 0 Å². The summed E-state index contributed by atoms with van der Waals surface area (Å²) in [4.78, 5) is 18.5. The summed E-state index contributed by atoms with van der Waals surface area (Å²) in [6.45, 7) is 3.05. The summed E-state index contributed by atoms with van der Waals surface area (Å²) < 4.78 is 11.0. The predicted molar refractivity (Wildman–Crippen MR) is 82.3 cm³/mol. The van der Waals surface area contributed by atoms with Crippen LogP contribution < -0.4 is 9.47 Å². The number of pyridine rings is 1. The molecule has 1 aromatic carbocycles. The molecule has 1 aromatic heterocycles. The molecule has 0 bridgehead atoms. The van der Waals surface area contributed by atoms with Gasteiger partial charge in [0.15, 0.2) is 0 Å². The maximum Gasteiger partial charge on any atom is 0.257 e. The summed E-state index contributed by atoms with van der Waals surface area (Å²) in [6, 6.07) is 12.9. The average Bonchev–Trinajstić information content (AvgIpc) is 2.50. The topological polar surface area (TPSA) is 51.7 Å². The standard InChI is InChI=1S/C17H18N2O3/c1-12-6-5-9-16(18-12)22-13-10-19(11-13)17(20)14-7-3-4-8-15(14)21-2/h3-9,13H,10-11H2,1-2H3. The third-order valence-corrected chi connectivity index (χ3v) is 3.62. The molecular formula is C17H18N2O3. The number of amides is 1. The summed E-state index contributed by atoms with van der Waals surface area (Å²) in [6.07, 6.45) is -0.00652. The van der Waals surface area contributed by atoms with Gasteiger partial charge in [0.05, 0.1) is 25.8 Å². The molecule has 0 radical (unpaired) electrons. The number of hydrogen-bond donors (Lipinski definition) is 0. The molecule has 0 N–H and O–H groups in total. The minimum absolute atomic E-state index is 0.00652. The highest BCUT2D eigenvalue weighted by molar-refractivity contribution is 5.97. The Labute approximate surface area is 129 Å². The van der Waals surface area contributed by atoms with Crippen molar-refractivity contribution in [1.82, 2.24) is 9.88 Å². The van der Waals surface area contributed by atoms with Gasteiger partial charge in [-0.05, 0) is 25.1 Å². The van der Waals surface area contributed by atoms with Crippen LogP contribution in [0.3, 0.4) is 0 Å². The summed E-state index contributed by atoms with van der Waals surface area (Å²) >= 11 is 0. The minimum atomic E-state index is -0.0329. The fourth-order valence-electron chi connectivity index (χ4n) is 2.42. The average molecular weight is 298 g/mol. The van der Waals surface area contributed by atoms with E-state index < -0.39 is 0 Å². The first-order valence-corrected chi connectivity index (χ1v) is 7.20. The van der Waals surface area contributed by atoms with Crippen LogP contribution in [0.2, 0.25) is 0 Å². The SMILES string of the molecule is COc1ccccc1C(=O)N1CC(Oc2cccc(C)n2)C1. The molecule has 1 amide bonds. The van der Waals surface area contributed by atoms with Crippen LogP contribution in [0.25, 0.3) is 0 Å². The fourth-order valence-corrected chi connectivity index (χ4v) is 2.42. The molecule has 5 heteroatoms. The zero-order chi connectivity index (χ0) is 15.5. The molecule has 1 fully saturated rings. The van der Waals surface area contributed by atoms with E-state index in [0.29, 0.717) is 30.3 Å². The summed E-state index contributed by atoms with van der Waals surface area (Å²) in [5, 5.41) is 0. The molecule has 0 spiro atoms. The Bertz CT molecular complexity index is 681. The number of ether oxygens (including phenoxy) is 2. The molecule has 0 aliphatic carbocycles. The van der Waals surface area contributed by atoms with Crippen molar-refractivity contribution < 1.29 is 14.3 Å². The highest BCUT2D eigenvalue weighted by atomic mass is 16.5. The van der Waals surface area contributed by atoms with E-state index in [4.69, 9.17) is 9.47 Å². The number of aromatic nitrogens is 1. The lowest BCUT2D eigenvalue weighted by Crippen LogP contribution is -2.56. The number of likely N-dealkylation sites (tertiary alicyclic amines) is 1. The molecule has 2 aromatic rings. The monoisotopic (exact) mass is 298 g/mol. The lowest BCUT2D eigenvalue weighted by atomic mass is 10.1. The van der Waals surface area contributed by atoms with E-state index in [2.05, 4.69) is 4.98 Å². The first-order chi connectivity index (χ1) is 10.7. The number of carbonyl (C=O) groups excluding carboxylic acids is 1. The van der Waals surface area contributed by atoms with Gasteiger partial charge in [-0.1, -0.05) is 18.2 Å². The lowest BCUT2D eigenvalue weighted by molar-refractivity contribution is 0.0157. The Morgan fingerprint density at radius 1 is 1.18 bits per heavy atom. The highest BCUT2D eigenvalue weighted by Gasteiger charge is 2.34. The van der Waals surface area contributed by atoms with Gasteiger partial charge in [0.2, 0.25) is 5.88 Å². The van der Waals surface area contributed by atoms with Crippen molar-refractivity contribution in [2.75, 3.05) is 20.2 Å². The largest absolute Gasteiger partial charge is 0.496 e. The number of para-hydroxylation sites is 1. The van der Waals surface area contributed by atoms with Crippen molar-refractivity contribution in [2.45, 2.75) is 13.0 Å². The smallest absolute Gasteiger partial charge is 0.257 e. The van der Waals surface area contributed by atoms with Crippen LogP contribution in [-0.2, 0) is 0 Å². The van der Waals surface area contributed by atoms with Crippen LogP contribution in [0.4, 0.5) is 0 Å². The van der Waals surface area contributed by atoms with Crippen molar-refractivity contribution in [3.05, 3.63) is 53.7 Å². The number of aryl methyl sites for hydroxylation is 1. The van der Waals surface area contributed by atoms with Crippen molar-refractivity contribution >= 4 is 5.91 Å². The Morgan fingerprint density at radius 2 is 1.95 bits per heavy atom. The second kappa shape index (κ2) is 6.05. The Morgan fingerprint density at radius 3 is 2.68 bits per heavy atom. The van der Waals surface area contributed by atoms with E-state index >= 15 is 0 Å². The highest BCUT2D eigenvalue weighted by Crippen LogP contribution is 2.23. The van der Waals surface area contributed by atoms with Gasteiger partial charge >= 0.3 is 0 Å². The predicted octanol–water partition coefficient (Wildman–Crippen LogP) is 2.30. The van der Waals surface area contributed by atoms with Gasteiger partial charge in [-0.25, -0.2) is 4.98 Å². The summed E-state index contributed by atoms with van der Waals surface area (Å²) in [5.74, 6) is 1.17. The van der Waals surface area contributed by atoms with Gasteiger partial charge in [0.25, 0.3) is 5.91 Å². The molecule has 114 valence electrons. The van der Waals surface area contributed by atoms with Crippen molar-refractivity contribution in [3.63, 3.8) is 0 Å². The number of nitrogens with zero attached hydrogens (tertiary/aromatic N) is 2. The maximum absolute atomic E-state index is 12.4. The second-order valence-corrected chi connectivity index (χ2v) is 5.27. The normalized spacial score (nSPS) is 14.4. The summed E-state index contributed by atoms with van der Waals surface area (Å²) in [7, 11) is 1.57. The van der Waals surface area contributed by atoms with E-state index in [1.807, 2.05) is 37.3 Å². The summed E-state index contributed by atoms with van der Waals surface area (Å²) in [5.41, 5.74) is 1.50. The number of hydrogen-bond acceptors (Lipinski definition) is 4. The van der Waals surface area contributed by atoms with E-state index in [9.17, 15) is 4.79 Å². The van der Waals surface area contributed by atoms with Crippen LogP contribution in [0.5, 0.6) is 11.6 Å². The van der Waals surface area contributed by atoms with Crippen LogP contribution in [0.1, 0.15) is 16.1 Å². The van der Waals surface area contributed by atoms with Crippen LogP contribution >= 0.6 is 0 Å². The van der Waals surface area contributed by atoms with Crippen LogP contribution in [0.15, 0.2) is 42.5 Å². The van der Waals surface area contributed by atoms with E-state index in [-0.39, 0.29) is 12.0 Å². The molecule has 1 aliphatic rings. The van der Waals surface area contributed by atoms with Gasteiger partial charge in [0.1, 0.15) is 11.9 Å². The van der Waals surface area contributed by atoms with Crippen molar-refractivity contribution in [1.29, 1.82) is 0 Å². The minimum Gasteiger partial charge on any atom is -0.496 e. The van der Waals surface area contributed by atoms with Crippen LogP contribution in [0, 0.1) is 6.92 Å². The quantitative estimate of drug-likeness (QED) is 0.869. The molecule has 1 aliphatic heterocycles. The number of rotatable bonds is 4. The third-order valence-electron chi connectivity index (χ3n) is 3.62. The van der Waals surface area contributed by atoms with E-state index in [1.54, 1.807) is 24.1 Å². The van der Waals surface area contributed by atoms with Gasteiger partial charge < -0.3 is 14.4 Å². The zero-order valence-corrected chi connectivity index (χ0v) is 12.7. The fraction of sp³-hybridized carbons (Fsp3) is 0.294. The molecule has 1 saturated heterocycles. The Kier molecular flexibility index (Phi) is 3.96. The zero-order valence-electron chi connectivity index (χ0n) is 12.7. The number of benzene rings is 1. The van der Waals surface area contributed by atoms with Gasteiger partial charge in [-0.3, -0.25) is 4.79 Å². The van der Waals surface area contributed by atoms with Crippen LogP contribution in [-0.4, -0.2) is 42.1 Å². The van der Waals surface area contributed by atoms with E-state index in [0.717, 1.165) is 5.69 Å². The third kappa shape index (κ3) is 2.88. The van der Waals surface area contributed by atoms with Crippen molar-refractivity contribution in [3.8, 4) is 11.6 Å². The molecule has 0 unspecified atom stereocenters. The molecule has 2 heterocycles. The molecule has 3 rings (SSSR count).